The average Bonchev–Trinajstić information content (AvgIpc) is 2.60. The van der Waals surface area contributed by atoms with Crippen molar-refractivity contribution in [3.63, 3.8) is 0 Å². The summed E-state index contributed by atoms with van der Waals surface area (Å²) in [5.74, 6) is -0.968. The van der Waals surface area contributed by atoms with Gasteiger partial charge in [-0.05, 0) is 40.5 Å². The first kappa shape index (κ1) is 15.8. The van der Waals surface area contributed by atoms with E-state index in [4.69, 9.17) is 14.6 Å². The first-order valence-corrected chi connectivity index (χ1v) is 6.54. The SMILES string of the molecule is CC1CCC([C@@H](CC(=O)O)NC(=O)OC(C)(C)C)O1. The van der Waals surface area contributed by atoms with Crippen LogP contribution < -0.4 is 5.32 Å². The topological polar surface area (TPSA) is 84.9 Å². The van der Waals surface area contributed by atoms with Gasteiger partial charge in [-0.1, -0.05) is 0 Å². The maximum absolute atomic E-state index is 11.7. The summed E-state index contributed by atoms with van der Waals surface area (Å²) in [6, 6.07) is -0.558. The van der Waals surface area contributed by atoms with Crippen LogP contribution in [0.25, 0.3) is 0 Å². The fraction of sp³-hybridized carbons (Fsp3) is 0.846. The summed E-state index contributed by atoms with van der Waals surface area (Å²) in [5, 5.41) is 11.5. The molecule has 2 unspecified atom stereocenters. The summed E-state index contributed by atoms with van der Waals surface area (Å²) in [6.45, 7) is 7.21. The first-order valence-electron chi connectivity index (χ1n) is 6.54. The van der Waals surface area contributed by atoms with Crippen LogP contribution in [0.2, 0.25) is 0 Å². The molecule has 0 aliphatic carbocycles. The summed E-state index contributed by atoms with van der Waals surface area (Å²) in [4.78, 5) is 22.6. The number of carboxylic acids is 1. The van der Waals surface area contributed by atoms with E-state index >= 15 is 0 Å². The highest BCUT2D eigenvalue weighted by Gasteiger charge is 2.33. The molecule has 1 amide bonds. The van der Waals surface area contributed by atoms with Crippen molar-refractivity contribution >= 4 is 12.1 Å². The van der Waals surface area contributed by atoms with Crippen molar-refractivity contribution < 1.29 is 24.2 Å². The van der Waals surface area contributed by atoms with Gasteiger partial charge in [-0.15, -0.1) is 0 Å². The Morgan fingerprint density at radius 1 is 1.42 bits per heavy atom. The van der Waals surface area contributed by atoms with E-state index in [1.807, 2.05) is 6.92 Å². The van der Waals surface area contributed by atoms with Crippen molar-refractivity contribution in [1.82, 2.24) is 5.32 Å². The van der Waals surface area contributed by atoms with Gasteiger partial charge in [0.2, 0.25) is 0 Å². The number of rotatable bonds is 4. The lowest BCUT2D eigenvalue weighted by Crippen LogP contribution is -2.46. The summed E-state index contributed by atoms with van der Waals surface area (Å²) >= 11 is 0. The zero-order valence-electron chi connectivity index (χ0n) is 11.9. The lowest BCUT2D eigenvalue weighted by Gasteiger charge is -2.26. The molecule has 6 nitrogen and oxygen atoms in total. The minimum Gasteiger partial charge on any atom is -0.481 e. The van der Waals surface area contributed by atoms with E-state index < -0.39 is 23.7 Å². The number of carbonyl (C=O) groups is 2. The maximum atomic E-state index is 11.7. The monoisotopic (exact) mass is 273 g/mol. The van der Waals surface area contributed by atoms with Crippen LogP contribution in [-0.4, -0.2) is 41.0 Å². The Morgan fingerprint density at radius 3 is 2.47 bits per heavy atom. The molecule has 0 saturated carbocycles. The van der Waals surface area contributed by atoms with E-state index in [0.717, 1.165) is 12.8 Å². The number of hydrogen-bond donors (Lipinski definition) is 2. The highest BCUT2D eigenvalue weighted by molar-refractivity contribution is 5.71. The van der Waals surface area contributed by atoms with E-state index in [9.17, 15) is 9.59 Å². The van der Waals surface area contributed by atoms with Crippen LogP contribution >= 0.6 is 0 Å². The molecule has 0 spiro atoms. The molecule has 0 aromatic heterocycles. The van der Waals surface area contributed by atoms with Crippen LogP contribution in [0.3, 0.4) is 0 Å². The molecule has 1 fully saturated rings. The standard InChI is InChI=1S/C13H23NO5/c1-8-5-6-10(18-8)9(7-11(15)16)14-12(17)19-13(2,3)4/h8-10H,5-7H2,1-4H3,(H,14,17)(H,15,16)/t8?,9-,10?/m1/s1. The maximum Gasteiger partial charge on any atom is 0.407 e. The fourth-order valence-electron chi connectivity index (χ4n) is 2.05. The van der Waals surface area contributed by atoms with E-state index in [1.165, 1.54) is 0 Å². The molecule has 3 atom stereocenters. The quantitative estimate of drug-likeness (QED) is 0.817. The third kappa shape index (κ3) is 5.92. The lowest BCUT2D eigenvalue weighted by atomic mass is 10.0. The summed E-state index contributed by atoms with van der Waals surface area (Å²) in [7, 11) is 0. The number of alkyl carbamates (subject to hydrolysis) is 1. The number of amides is 1. The number of carbonyl (C=O) groups excluding carboxylic acids is 1. The van der Waals surface area contributed by atoms with Crippen molar-refractivity contribution in [2.45, 2.75) is 70.8 Å². The number of ether oxygens (including phenoxy) is 2. The van der Waals surface area contributed by atoms with Crippen LogP contribution in [0, 0.1) is 0 Å². The molecule has 1 aliphatic heterocycles. The molecule has 0 aromatic rings. The molecule has 6 heteroatoms. The fourth-order valence-corrected chi connectivity index (χ4v) is 2.05. The minimum absolute atomic E-state index is 0.0988. The average molecular weight is 273 g/mol. The van der Waals surface area contributed by atoms with Crippen molar-refractivity contribution in [2.24, 2.45) is 0 Å². The van der Waals surface area contributed by atoms with Gasteiger partial charge in [0.25, 0.3) is 0 Å². The third-order valence-corrected chi connectivity index (χ3v) is 2.81. The molecule has 1 rings (SSSR count). The van der Waals surface area contributed by atoms with Crippen LogP contribution in [0.4, 0.5) is 4.79 Å². The van der Waals surface area contributed by atoms with E-state index in [-0.39, 0.29) is 18.6 Å². The van der Waals surface area contributed by atoms with Crippen LogP contribution in [-0.2, 0) is 14.3 Å². The zero-order valence-corrected chi connectivity index (χ0v) is 11.9. The molecule has 2 N–H and O–H groups in total. The van der Waals surface area contributed by atoms with Crippen molar-refractivity contribution in [3.8, 4) is 0 Å². The largest absolute Gasteiger partial charge is 0.481 e. The summed E-state index contributed by atoms with van der Waals surface area (Å²) in [6.07, 6.45) is 0.671. The second-order valence-electron chi connectivity index (χ2n) is 5.91. The van der Waals surface area contributed by atoms with E-state index in [1.54, 1.807) is 20.8 Å². The molecule has 0 bridgehead atoms. The van der Waals surface area contributed by atoms with Crippen LogP contribution in [0.5, 0.6) is 0 Å². The Labute approximate surface area is 113 Å². The minimum atomic E-state index is -0.968. The van der Waals surface area contributed by atoms with Gasteiger partial charge in [-0.2, -0.15) is 0 Å². The predicted molar refractivity (Wildman–Crippen MR) is 69.0 cm³/mol. The van der Waals surface area contributed by atoms with Gasteiger partial charge in [-0.3, -0.25) is 4.79 Å². The van der Waals surface area contributed by atoms with Gasteiger partial charge in [0.05, 0.1) is 24.7 Å². The van der Waals surface area contributed by atoms with E-state index in [0.29, 0.717) is 0 Å². The zero-order chi connectivity index (χ0) is 14.6. The van der Waals surface area contributed by atoms with Crippen molar-refractivity contribution in [3.05, 3.63) is 0 Å². The highest BCUT2D eigenvalue weighted by Crippen LogP contribution is 2.23. The number of nitrogens with one attached hydrogen (secondary N) is 1. The van der Waals surface area contributed by atoms with E-state index in [2.05, 4.69) is 5.32 Å². The third-order valence-electron chi connectivity index (χ3n) is 2.81. The molecular weight excluding hydrogens is 250 g/mol. The number of carboxylic acid groups (broad SMARTS) is 1. The molecule has 0 radical (unpaired) electrons. The van der Waals surface area contributed by atoms with Gasteiger partial charge in [0, 0.05) is 0 Å². The first-order chi connectivity index (χ1) is 8.67. The Morgan fingerprint density at radius 2 is 2.05 bits per heavy atom. The van der Waals surface area contributed by atoms with Crippen molar-refractivity contribution in [2.75, 3.05) is 0 Å². The smallest absolute Gasteiger partial charge is 0.407 e. The highest BCUT2D eigenvalue weighted by atomic mass is 16.6. The van der Waals surface area contributed by atoms with Gasteiger partial charge in [0.1, 0.15) is 5.60 Å². The normalized spacial score (nSPS) is 24.8. The molecule has 110 valence electrons. The van der Waals surface area contributed by atoms with Gasteiger partial charge in [-0.25, -0.2) is 4.79 Å². The summed E-state index contributed by atoms with van der Waals surface area (Å²) < 4.78 is 10.8. The van der Waals surface area contributed by atoms with Gasteiger partial charge in [0.15, 0.2) is 0 Å². The number of hydrogen-bond acceptors (Lipinski definition) is 4. The molecule has 1 aliphatic rings. The van der Waals surface area contributed by atoms with Gasteiger partial charge < -0.3 is 19.9 Å². The Hall–Kier alpha value is -1.30. The Balaban J connectivity index is 2.59. The molecule has 0 aromatic carbocycles. The lowest BCUT2D eigenvalue weighted by molar-refractivity contribution is -0.138. The molecule has 19 heavy (non-hydrogen) atoms. The Bertz CT molecular complexity index is 336. The molecule has 1 saturated heterocycles. The van der Waals surface area contributed by atoms with Gasteiger partial charge >= 0.3 is 12.1 Å². The summed E-state index contributed by atoms with van der Waals surface area (Å²) in [5.41, 5.74) is -0.609. The number of aliphatic carboxylic acids is 1. The molecule has 1 heterocycles. The molecular formula is C13H23NO5. The predicted octanol–water partition coefficient (Wildman–Crippen LogP) is 1.92. The van der Waals surface area contributed by atoms with Crippen LogP contribution in [0.1, 0.15) is 47.0 Å². The second kappa shape index (κ2) is 6.23. The Kier molecular flexibility index (Phi) is 5.17. The second-order valence-corrected chi connectivity index (χ2v) is 5.91. The van der Waals surface area contributed by atoms with Crippen molar-refractivity contribution in [1.29, 1.82) is 0 Å². The van der Waals surface area contributed by atoms with Crippen LogP contribution in [0.15, 0.2) is 0 Å².